The zero-order valence-electron chi connectivity index (χ0n) is 15.9. The van der Waals surface area contributed by atoms with Crippen molar-refractivity contribution >= 4 is 16.0 Å². The molecule has 0 aromatic heterocycles. The van der Waals surface area contributed by atoms with Crippen LogP contribution in [0.25, 0.3) is 0 Å². The number of ether oxygens (including phenoxy) is 1. The fraction of sp³-hybridized carbons (Fsp3) is 0.350. The molecule has 146 valence electrons. The first-order valence-corrected chi connectivity index (χ1v) is 10.2. The summed E-state index contributed by atoms with van der Waals surface area (Å²) in [6.07, 6.45) is 0.696. The highest BCUT2D eigenvalue weighted by molar-refractivity contribution is 7.89. The number of nitrogens with one attached hydrogen (secondary N) is 1. The molecule has 0 unspecified atom stereocenters. The van der Waals surface area contributed by atoms with Gasteiger partial charge in [0.05, 0.1) is 17.6 Å². The molecule has 0 bridgehead atoms. The molecule has 7 heteroatoms. The van der Waals surface area contributed by atoms with Crippen molar-refractivity contribution in [3.8, 4) is 0 Å². The first-order chi connectivity index (χ1) is 12.8. The third-order valence-corrected chi connectivity index (χ3v) is 5.81. The number of hydrogen-bond acceptors (Lipinski definition) is 5. The number of esters is 1. The summed E-state index contributed by atoms with van der Waals surface area (Å²) in [6, 6.07) is 14.6. The minimum atomic E-state index is -3.62. The Morgan fingerprint density at radius 2 is 1.85 bits per heavy atom. The second-order valence-corrected chi connectivity index (χ2v) is 8.18. The molecular weight excluding hydrogens is 364 g/mol. The number of sulfonamides is 1. The molecule has 2 rings (SSSR count). The van der Waals surface area contributed by atoms with Crippen molar-refractivity contribution in [3.63, 3.8) is 0 Å². The van der Waals surface area contributed by atoms with Gasteiger partial charge in [-0.15, -0.1) is 0 Å². The number of carbonyl (C=O) groups excluding carboxylic acids is 1. The lowest BCUT2D eigenvalue weighted by molar-refractivity contribution is 0.0600. The largest absolute Gasteiger partial charge is 0.465 e. The van der Waals surface area contributed by atoms with Gasteiger partial charge in [0, 0.05) is 13.1 Å². The quantitative estimate of drug-likeness (QED) is 0.526. The Morgan fingerprint density at radius 1 is 1.15 bits per heavy atom. The van der Waals surface area contributed by atoms with Crippen molar-refractivity contribution in [1.82, 2.24) is 9.62 Å². The lowest BCUT2D eigenvalue weighted by atomic mass is 10.1. The minimum absolute atomic E-state index is 0.174. The van der Waals surface area contributed by atoms with Crippen LogP contribution in [0, 0.1) is 6.92 Å². The molecule has 0 heterocycles. The Balaban J connectivity index is 1.87. The number of nitrogens with zero attached hydrogens (tertiary/aromatic N) is 1. The van der Waals surface area contributed by atoms with E-state index < -0.39 is 16.0 Å². The fourth-order valence-electron chi connectivity index (χ4n) is 2.80. The zero-order chi connectivity index (χ0) is 19.9. The maximum Gasteiger partial charge on any atom is 0.337 e. The summed E-state index contributed by atoms with van der Waals surface area (Å²) in [6.45, 7) is 3.60. The highest BCUT2D eigenvalue weighted by atomic mass is 32.2. The van der Waals surface area contributed by atoms with Crippen LogP contribution in [0.15, 0.2) is 53.4 Å². The highest BCUT2D eigenvalue weighted by Gasteiger charge is 2.18. The topological polar surface area (TPSA) is 75.7 Å². The van der Waals surface area contributed by atoms with Crippen molar-refractivity contribution in [2.24, 2.45) is 0 Å². The Labute approximate surface area is 161 Å². The summed E-state index contributed by atoms with van der Waals surface area (Å²) < 4.78 is 32.3. The number of benzene rings is 2. The van der Waals surface area contributed by atoms with Crippen molar-refractivity contribution in [2.45, 2.75) is 24.8 Å². The summed E-state index contributed by atoms with van der Waals surface area (Å²) in [5, 5.41) is 0. The number of carbonyl (C=O) groups is 1. The molecule has 0 fully saturated rings. The molecule has 0 saturated heterocycles. The molecule has 27 heavy (non-hydrogen) atoms. The van der Waals surface area contributed by atoms with Gasteiger partial charge in [0.15, 0.2) is 0 Å². The molecule has 2 aromatic carbocycles. The SMILES string of the molecule is COC(=O)c1ccc(S(=O)(=O)NCCCN(C)Cc2ccccc2)c(C)c1. The van der Waals surface area contributed by atoms with Crippen LogP contribution in [0.5, 0.6) is 0 Å². The van der Waals surface area contributed by atoms with E-state index in [1.165, 1.54) is 30.9 Å². The van der Waals surface area contributed by atoms with Crippen molar-refractivity contribution in [3.05, 3.63) is 65.2 Å². The van der Waals surface area contributed by atoms with Gasteiger partial charge in [-0.2, -0.15) is 0 Å². The van der Waals surface area contributed by atoms with E-state index in [9.17, 15) is 13.2 Å². The number of rotatable bonds is 9. The van der Waals surface area contributed by atoms with Crippen LogP contribution in [0.4, 0.5) is 0 Å². The van der Waals surface area contributed by atoms with Crippen molar-refractivity contribution < 1.29 is 17.9 Å². The van der Waals surface area contributed by atoms with Gasteiger partial charge in [0.25, 0.3) is 0 Å². The average Bonchev–Trinajstić information content (AvgIpc) is 2.65. The third kappa shape index (κ3) is 6.16. The van der Waals surface area contributed by atoms with Crippen LogP contribution in [-0.4, -0.2) is 46.5 Å². The molecule has 0 amide bonds. The van der Waals surface area contributed by atoms with Crippen molar-refractivity contribution in [1.29, 1.82) is 0 Å². The number of methoxy groups -OCH3 is 1. The predicted molar refractivity (Wildman–Crippen MR) is 105 cm³/mol. The minimum Gasteiger partial charge on any atom is -0.465 e. The van der Waals surface area contributed by atoms with E-state index in [4.69, 9.17) is 0 Å². The monoisotopic (exact) mass is 390 g/mol. The van der Waals surface area contributed by atoms with Crippen LogP contribution in [-0.2, 0) is 21.3 Å². The summed E-state index contributed by atoms with van der Waals surface area (Å²) in [5.74, 6) is -0.489. The zero-order valence-corrected chi connectivity index (χ0v) is 16.8. The maximum atomic E-state index is 12.5. The first kappa shape index (κ1) is 21.1. The van der Waals surface area contributed by atoms with Gasteiger partial charge in [-0.05, 0) is 56.3 Å². The van der Waals surface area contributed by atoms with Gasteiger partial charge >= 0.3 is 5.97 Å². The number of hydrogen-bond donors (Lipinski definition) is 1. The Kier molecular flexibility index (Phi) is 7.53. The molecule has 0 aliphatic rings. The summed E-state index contributed by atoms with van der Waals surface area (Å²) in [5.41, 5.74) is 2.06. The van der Waals surface area contributed by atoms with Crippen molar-refractivity contribution in [2.75, 3.05) is 27.2 Å². The Hall–Kier alpha value is -2.22. The van der Waals surface area contributed by atoms with Gasteiger partial charge in [0.2, 0.25) is 10.0 Å². The van der Waals surface area contributed by atoms with Crippen LogP contribution in [0.1, 0.15) is 27.9 Å². The van der Waals surface area contributed by atoms with Gasteiger partial charge in [-0.3, -0.25) is 0 Å². The van der Waals surface area contributed by atoms with E-state index >= 15 is 0 Å². The molecule has 0 radical (unpaired) electrons. The molecule has 1 N–H and O–H groups in total. The second-order valence-electron chi connectivity index (χ2n) is 6.45. The standard InChI is InChI=1S/C20H26N2O4S/c1-16-14-18(20(23)26-3)10-11-19(16)27(24,25)21-12-7-13-22(2)15-17-8-5-4-6-9-17/h4-6,8-11,14,21H,7,12-13,15H2,1-3H3. The summed E-state index contributed by atoms with van der Waals surface area (Å²) in [7, 11) is -0.316. The maximum absolute atomic E-state index is 12.5. The Bertz CT molecular complexity index is 867. The molecule has 0 saturated carbocycles. The van der Waals surface area contributed by atoms with Crippen LogP contribution in [0.3, 0.4) is 0 Å². The second kappa shape index (κ2) is 9.64. The van der Waals surface area contributed by atoms with Gasteiger partial charge in [-0.1, -0.05) is 30.3 Å². The van der Waals surface area contributed by atoms with E-state index in [1.807, 2.05) is 25.2 Å². The predicted octanol–water partition coefficient (Wildman–Crippen LogP) is 2.58. The molecule has 0 spiro atoms. The van der Waals surface area contributed by atoms with Gasteiger partial charge < -0.3 is 9.64 Å². The lowest BCUT2D eigenvalue weighted by Crippen LogP contribution is -2.28. The molecule has 0 aliphatic carbocycles. The fourth-order valence-corrected chi connectivity index (χ4v) is 4.10. The number of aryl methyl sites for hydroxylation is 1. The Morgan fingerprint density at radius 3 is 2.48 bits per heavy atom. The molecule has 6 nitrogen and oxygen atoms in total. The van der Waals surface area contributed by atoms with E-state index in [2.05, 4.69) is 26.5 Å². The van der Waals surface area contributed by atoms with Crippen LogP contribution < -0.4 is 4.72 Å². The first-order valence-electron chi connectivity index (χ1n) is 8.74. The molecule has 0 atom stereocenters. The van der Waals surface area contributed by atoms with Crippen LogP contribution >= 0.6 is 0 Å². The summed E-state index contributed by atoms with van der Waals surface area (Å²) in [4.78, 5) is 13.9. The van der Waals surface area contributed by atoms with E-state index in [1.54, 1.807) is 6.92 Å². The van der Waals surface area contributed by atoms with E-state index in [0.717, 1.165) is 13.1 Å². The smallest absolute Gasteiger partial charge is 0.337 e. The normalized spacial score (nSPS) is 11.6. The highest BCUT2D eigenvalue weighted by Crippen LogP contribution is 2.17. The lowest BCUT2D eigenvalue weighted by Gasteiger charge is -2.17. The molecule has 0 aliphatic heterocycles. The average molecular weight is 391 g/mol. The summed E-state index contributed by atoms with van der Waals surface area (Å²) >= 11 is 0. The van der Waals surface area contributed by atoms with E-state index in [0.29, 0.717) is 24.1 Å². The van der Waals surface area contributed by atoms with E-state index in [-0.39, 0.29) is 4.90 Å². The molecular formula is C20H26N2O4S. The molecule has 2 aromatic rings. The van der Waals surface area contributed by atoms with Gasteiger partial charge in [-0.25, -0.2) is 17.9 Å². The van der Waals surface area contributed by atoms with Crippen LogP contribution in [0.2, 0.25) is 0 Å². The van der Waals surface area contributed by atoms with Gasteiger partial charge in [0.1, 0.15) is 0 Å². The third-order valence-electron chi connectivity index (χ3n) is 4.19.